The zero-order chi connectivity index (χ0) is 12.8. The molecule has 2 rings (SSSR count). The number of rotatable bonds is 5. The molecule has 2 nitrogen and oxygen atoms in total. The molecule has 1 atom stereocenters. The van der Waals surface area contributed by atoms with E-state index in [1.54, 1.807) is 0 Å². The quantitative estimate of drug-likeness (QED) is 0.770. The summed E-state index contributed by atoms with van der Waals surface area (Å²) < 4.78 is 0. The summed E-state index contributed by atoms with van der Waals surface area (Å²) >= 11 is 0. The Balaban J connectivity index is 2.35. The van der Waals surface area contributed by atoms with Crippen molar-refractivity contribution >= 4 is 7.98 Å². The molecule has 18 heavy (non-hydrogen) atoms. The van der Waals surface area contributed by atoms with Gasteiger partial charge >= 0.3 is 0 Å². The Kier molecular flexibility index (Phi) is 4.56. The summed E-state index contributed by atoms with van der Waals surface area (Å²) in [7, 11) is 1.94. The van der Waals surface area contributed by atoms with Crippen molar-refractivity contribution in [3.8, 4) is 0 Å². The molecule has 2 aromatic carbocycles. The van der Waals surface area contributed by atoms with E-state index < -0.39 is 0 Å². The van der Waals surface area contributed by atoms with Crippen molar-refractivity contribution in [2.24, 2.45) is 5.73 Å². The van der Waals surface area contributed by atoms with Crippen LogP contribution in [0.4, 0.5) is 0 Å². The lowest BCUT2D eigenvalue weighted by molar-refractivity contribution is 0.585. The zero-order valence-electron chi connectivity index (χ0n) is 10.7. The maximum Gasteiger partial charge on any atom is 0.182 e. The molecule has 0 fully saturated rings. The SMILES string of the molecule is BNC[C@@H](N)C(c1ccccc1)c1ccccc1. The molecule has 0 aliphatic carbocycles. The number of nitrogens with one attached hydrogen (secondary N) is 1. The Morgan fingerprint density at radius 3 is 1.72 bits per heavy atom. The van der Waals surface area contributed by atoms with Crippen LogP contribution >= 0.6 is 0 Å². The predicted molar refractivity (Wildman–Crippen MR) is 79.2 cm³/mol. The van der Waals surface area contributed by atoms with Gasteiger partial charge in [-0.05, 0) is 11.1 Å². The predicted octanol–water partition coefficient (Wildman–Crippen LogP) is 1.28. The molecule has 0 saturated carbocycles. The van der Waals surface area contributed by atoms with Crippen molar-refractivity contribution in [1.29, 1.82) is 0 Å². The second-order valence-electron chi connectivity index (χ2n) is 4.52. The molecule has 0 bridgehead atoms. The summed E-state index contributed by atoms with van der Waals surface area (Å²) in [6, 6.07) is 21.0. The average molecular weight is 238 g/mol. The van der Waals surface area contributed by atoms with Gasteiger partial charge in [-0.3, -0.25) is 0 Å². The summed E-state index contributed by atoms with van der Waals surface area (Å²) in [4.78, 5) is 0. The average Bonchev–Trinajstić information content (AvgIpc) is 2.42. The molecule has 0 aromatic heterocycles. The monoisotopic (exact) mass is 238 g/mol. The van der Waals surface area contributed by atoms with E-state index >= 15 is 0 Å². The first-order chi connectivity index (χ1) is 8.83. The zero-order valence-corrected chi connectivity index (χ0v) is 10.7. The van der Waals surface area contributed by atoms with Crippen LogP contribution in [0.15, 0.2) is 60.7 Å². The van der Waals surface area contributed by atoms with Crippen LogP contribution in [-0.2, 0) is 0 Å². The van der Waals surface area contributed by atoms with Gasteiger partial charge in [0.15, 0.2) is 7.98 Å². The number of nitrogens with two attached hydrogens (primary N) is 1. The lowest BCUT2D eigenvalue weighted by atomic mass is 9.85. The van der Waals surface area contributed by atoms with E-state index in [-0.39, 0.29) is 12.0 Å². The smallest absolute Gasteiger partial charge is 0.182 e. The molecule has 0 heterocycles. The molecule has 3 heteroatoms. The van der Waals surface area contributed by atoms with Gasteiger partial charge in [-0.15, -0.1) is 0 Å². The Morgan fingerprint density at radius 1 is 0.889 bits per heavy atom. The first-order valence-corrected chi connectivity index (χ1v) is 6.33. The van der Waals surface area contributed by atoms with Gasteiger partial charge in [0.25, 0.3) is 0 Å². The van der Waals surface area contributed by atoms with E-state index in [9.17, 15) is 0 Å². The van der Waals surface area contributed by atoms with Gasteiger partial charge in [0.1, 0.15) is 0 Å². The van der Waals surface area contributed by atoms with Crippen molar-refractivity contribution in [2.45, 2.75) is 12.0 Å². The third-order valence-electron chi connectivity index (χ3n) is 3.19. The van der Waals surface area contributed by atoms with Crippen LogP contribution in [-0.4, -0.2) is 20.6 Å². The molecule has 2 aromatic rings. The van der Waals surface area contributed by atoms with Crippen LogP contribution in [0.5, 0.6) is 0 Å². The van der Waals surface area contributed by atoms with Gasteiger partial charge in [-0.25, -0.2) is 0 Å². The van der Waals surface area contributed by atoms with Crippen LogP contribution in [0.25, 0.3) is 0 Å². The van der Waals surface area contributed by atoms with Crippen molar-refractivity contribution in [1.82, 2.24) is 5.23 Å². The molecule has 0 amide bonds. The van der Waals surface area contributed by atoms with E-state index in [2.05, 4.69) is 53.8 Å². The molecule has 0 unspecified atom stereocenters. The standard InChI is InChI=1S/C15H19BN2/c16-18-11-14(17)15(12-7-3-1-4-8-12)13-9-5-2-6-10-13/h1-10,14-15,18H,11,16-17H2/t14-/m1/s1. The van der Waals surface area contributed by atoms with Crippen molar-refractivity contribution in [3.63, 3.8) is 0 Å². The molecular weight excluding hydrogens is 219 g/mol. The third kappa shape index (κ3) is 3.00. The molecule has 0 radical (unpaired) electrons. The third-order valence-corrected chi connectivity index (χ3v) is 3.19. The maximum absolute atomic E-state index is 6.33. The van der Waals surface area contributed by atoms with Crippen LogP contribution in [0.2, 0.25) is 0 Å². The lowest BCUT2D eigenvalue weighted by Crippen LogP contribution is -2.38. The number of benzene rings is 2. The highest BCUT2D eigenvalue weighted by Crippen LogP contribution is 2.26. The minimum absolute atomic E-state index is 0.0693. The van der Waals surface area contributed by atoms with E-state index in [1.165, 1.54) is 11.1 Å². The summed E-state index contributed by atoms with van der Waals surface area (Å²) in [6.45, 7) is 0.800. The summed E-state index contributed by atoms with van der Waals surface area (Å²) in [6.07, 6.45) is 0. The highest BCUT2D eigenvalue weighted by molar-refractivity contribution is 6.04. The van der Waals surface area contributed by atoms with Crippen LogP contribution in [0, 0.1) is 0 Å². The molecular formula is C15H19BN2. The maximum atomic E-state index is 6.33. The molecule has 3 N–H and O–H groups in total. The van der Waals surface area contributed by atoms with E-state index in [1.807, 2.05) is 20.1 Å². The lowest BCUT2D eigenvalue weighted by Gasteiger charge is -2.25. The first-order valence-electron chi connectivity index (χ1n) is 6.33. The van der Waals surface area contributed by atoms with Crippen molar-refractivity contribution < 1.29 is 0 Å². The fourth-order valence-corrected chi connectivity index (χ4v) is 2.36. The van der Waals surface area contributed by atoms with Crippen molar-refractivity contribution in [2.75, 3.05) is 6.54 Å². The van der Waals surface area contributed by atoms with Crippen LogP contribution < -0.4 is 11.0 Å². The Labute approximate surface area is 110 Å². The Morgan fingerprint density at radius 2 is 1.33 bits per heavy atom. The Bertz CT molecular complexity index is 419. The van der Waals surface area contributed by atoms with Gasteiger partial charge in [0.05, 0.1) is 0 Å². The summed E-state index contributed by atoms with van der Waals surface area (Å²) in [5.74, 6) is 0.236. The summed E-state index contributed by atoms with van der Waals surface area (Å²) in [5, 5.41) is 3.16. The fourth-order valence-electron chi connectivity index (χ4n) is 2.36. The van der Waals surface area contributed by atoms with E-state index in [0.717, 1.165) is 6.54 Å². The van der Waals surface area contributed by atoms with Crippen LogP contribution in [0.1, 0.15) is 17.0 Å². The first kappa shape index (κ1) is 12.9. The molecule has 0 spiro atoms. The van der Waals surface area contributed by atoms with Crippen LogP contribution in [0.3, 0.4) is 0 Å². The number of hydrogen-bond donors (Lipinski definition) is 2. The fraction of sp³-hybridized carbons (Fsp3) is 0.200. The normalized spacial score (nSPS) is 12.6. The van der Waals surface area contributed by atoms with Crippen molar-refractivity contribution in [3.05, 3.63) is 71.8 Å². The largest absolute Gasteiger partial charge is 0.361 e. The van der Waals surface area contributed by atoms with Gasteiger partial charge in [-0.2, -0.15) is 0 Å². The molecule has 0 aliphatic heterocycles. The molecule has 92 valence electrons. The topological polar surface area (TPSA) is 38.0 Å². The Hall–Kier alpha value is -1.58. The molecule has 0 saturated heterocycles. The molecule has 0 aliphatic rings. The van der Waals surface area contributed by atoms with E-state index in [4.69, 9.17) is 5.73 Å². The summed E-state index contributed by atoms with van der Waals surface area (Å²) in [5.41, 5.74) is 8.87. The minimum atomic E-state index is 0.0693. The highest BCUT2D eigenvalue weighted by Gasteiger charge is 2.20. The minimum Gasteiger partial charge on any atom is -0.361 e. The second-order valence-corrected chi connectivity index (χ2v) is 4.52. The van der Waals surface area contributed by atoms with Gasteiger partial charge in [0.2, 0.25) is 0 Å². The van der Waals surface area contributed by atoms with Gasteiger partial charge in [0, 0.05) is 18.5 Å². The number of hydrogen-bond acceptors (Lipinski definition) is 2. The van der Waals surface area contributed by atoms with Gasteiger partial charge < -0.3 is 11.0 Å². The van der Waals surface area contributed by atoms with E-state index in [0.29, 0.717) is 0 Å². The van der Waals surface area contributed by atoms with Gasteiger partial charge in [-0.1, -0.05) is 60.7 Å². The highest BCUT2D eigenvalue weighted by atomic mass is 14.8. The second kappa shape index (κ2) is 6.38.